The largest absolute Gasteiger partial charge is 0.365 e. The van der Waals surface area contributed by atoms with E-state index < -0.39 is 47.9 Å². The average molecular weight is 637 g/mol. The number of epoxide rings is 1. The van der Waals surface area contributed by atoms with Gasteiger partial charge in [0.2, 0.25) is 11.6 Å². The molecule has 254 valence electrons. The van der Waals surface area contributed by atoms with E-state index in [1.807, 2.05) is 13.8 Å². The fraction of sp³-hybridized carbons (Fsp3) is 1.00. The molecule has 11 rings (SSSR count). The standard InChI is InChI=1S/C34H52O11/c1-17-7-9-23-19(3)27(38-29-33(23)21(17)11-13-31(5,40-29)42-44-33)35-15-25-26(37-25)16-36-28-20(4)24-10-8-18(2)22-12-14-32(6)41-30(39-28)34(22,24)45-43-32/h17-30H,7-16H2,1-6H3/t17-,18-,19-,20-,21+,22+,23+,24+,25-,26+,27+,28+,29-,30-,31-,32-,33-,34-/m1/s1. The minimum atomic E-state index is -0.794. The molecular weight excluding hydrogens is 584 g/mol. The van der Waals surface area contributed by atoms with Gasteiger partial charge in [-0.2, -0.15) is 0 Å². The number of fused-ring (bicyclic) bond motifs is 4. The summed E-state index contributed by atoms with van der Waals surface area (Å²) in [6.45, 7) is 13.9. The van der Waals surface area contributed by atoms with Gasteiger partial charge >= 0.3 is 0 Å². The molecule has 0 amide bonds. The Kier molecular flexibility index (Phi) is 7.16. The highest BCUT2D eigenvalue weighted by Gasteiger charge is 2.71. The third kappa shape index (κ3) is 4.48. The van der Waals surface area contributed by atoms with E-state index in [2.05, 4.69) is 27.7 Å². The second kappa shape index (κ2) is 10.5. The first kappa shape index (κ1) is 30.6. The van der Waals surface area contributed by atoms with Crippen molar-refractivity contribution in [2.75, 3.05) is 13.2 Å². The first-order valence-electron chi connectivity index (χ1n) is 17.8. The first-order chi connectivity index (χ1) is 21.6. The van der Waals surface area contributed by atoms with Gasteiger partial charge in [0.1, 0.15) is 12.2 Å². The van der Waals surface area contributed by atoms with Gasteiger partial charge in [0.05, 0.1) is 13.2 Å². The van der Waals surface area contributed by atoms with Gasteiger partial charge in [0.25, 0.3) is 0 Å². The van der Waals surface area contributed by atoms with E-state index in [9.17, 15) is 0 Å². The highest BCUT2D eigenvalue weighted by Crippen LogP contribution is 2.62. The predicted octanol–water partition coefficient (Wildman–Crippen LogP) is 5.20. The van der Waals surface area contributed by atoms with Crippen molar-refractivity contribution in [3.8, 4) is 0 Å². The van der Waals surface area contributed by atoms with E-state index in [1.54, 1.807) is 0 Å². The Labute approximate surface area is 266 Å². The van der Waals surface area contributed by atoms with Crippen LogP contribution in [-0.2, 0) is 52.7 Å². The second-order valence-electron chi connectivity index (χ2n) is 16.4. The molecule has 0 N–H and O–H groups in total. The van der Waals surface area contributed by atoms with Gasteiger partial charge in [0.15, 0.2) is 36.4 Å². The monoisotopic (exact) mass is 636 g/mol. The van der Waals surface area contributed by atoms with Gasteiger partial charge in [-0.05, 0) is 76.0 Å². The normalized spacial score (nSPS) is 61.2. The van der Waals surface area contributed by atoms with Crippen molar-refractivity contribution in [3.05, 3.63) is 0 Å². The highest BCUT2D eigenvalue weighted by molar-refractivity contribution is 5.10. The molecule has 4 bridgehead atoms. The average Bonchev–Trinajstić information content (AvgIpc) is 3.83. The van der Waals surface area contributed by atoms with E-state index in [4.69, 9.17) is 52.7 Å². The number of rotatable bonds is 6. The minimum absolute atomic E-state index is 0.0506. The molecule has 9 aliphatic heterocycles. The molecule has 18 atom stereocenters. The molecule has 45 heavy (non-hydrogen) atoms. The second-order valence-corrected chi connectivity index (χ2v) is 16.4. The van der Waals surface area contributed by atoms with E-state index in [0.717, 1.165) is 38.5 Å². The third-order valence-corrected chi connectivity index (χ3v) is 13.7. The van der Waals surface area contributed by atoms with Crippen LogP contribution < -0.4 is 0 Å². The number of hydrogen-bond donors (Lipinski definition) is 0. The lowest BCUT2D eigenvalue weighted by atomic mass is 9.58. The van der Waals surface area contributed by atoms with Crippen LogP contribution in [0.1, 0.15) is 92.9 Å². The zero-order valence-electron chi connectivity index (χ0n) is 27.6. The molecule has 11 aliphatic rings. The SMILES string of the molecule is C[C@H]1[C@@H](OC[C@@H]2O[C@@H]2CO[C@H]2O[C@@H]3O[C@@]4(C)CC[C@H]5[C@H](C)CC[C@@H]([C@H]2C)[C@@]35OO4)O[C@@H]2O[C@@]3(C)CC[C@H]4[C@H](C)CC[C@@H]1[C@@]24OO3. The molecular formula is C34H52O11. The molecule has 11 heteroatoms. The van der Waals surface area contributed by atoms with E-state index >= 15 is 0 Å². The fourth-order valence-corrected chi connectivity index (χ4v) is 11.0. The molecule has 2 saturated carbocycles. The van der Waals surface area contributed by atoms with E-state index in [0.29, 0.717) is 36.9 Å². The molecule has 11 nitrogen and oxygen atoms in total. The van der Waals surface area contributed by atoms with Gasteiger partial charge in [-0.1, -0.05) is 27.7 Å². The molecule has 9 heterocycles. The maximum atomic E-state index is 6.59. The summed E-state index contributed by atoms with van der Waals surface area (Å²) in [7, 11) is 0. The number of ether oxygens (including phenoxy) is 7. The molecule has 0 aromatic carbocycles. The summed E-state index contributed by atoms with van der Waals surface area (Å²) in [5.41, 5.74) is -1.17. The van der Waals surface area contributed by atoms with Gasteiger partial charge in [-0.3, -0.25) is 0 Å². The van der Waals surface area contributed by atoms with E-state index in [-0.39, 0.29) is 35.9 Å². The molecule has 0 radical (unpaired) electrons. The summed E-state index contributed by atoms with van der Waals surface area (Å²) in [6, 6.07) is 0. The van der Waals surface area contributed by atoms with Crippen LogP contribution in [0.2, 0.25) is 0 Å². The van der Waals surface area contributed by atoms with Crippen LogP contribution in [-0.4, -0.2) is 73.4 Å². The van der Waals surface area contributed by atoms with Gasteiger partial charge in [0, 0.05) is 36.5 Å². The third-order valence-electron chi connectivity index (χ3n) is 13.7. The van der Waals surface area contributed by atoms with Crippen molar-refractivity contribution in [3.63, 3.8) is 0 Å². The van der Waals surface area contributed by atoms with Gasteiger partial charge < -0.3 is 33.2 Å². The van der Waals surface area contributed by atoms with Crippen molar-refractivity contribution >= 4 is 0 Å². The van der Waals surface area contributed by atoms with Crippen LogP contribution in [0.4, 0.5) is 0 Å². The Morgan fingerprint density at radius 2 is 0.978 bits per heavy atom. The van der Waals surface area contributed by atoms with Crippen LogP contribution in [0, 0.1) is 47.3 Å². The van der Waals surface area contributed by atoms with Crippen molar-refractivity contribution in [1.29, 1.82) is 0 Å². The predicted molar refractivity (Wildman–Crippen MR) is 154 cm³/mol. The molecule has 0 aromatic rings. The smallest absolute Gasteiger partial charge is 0.201 e. The molecule has 2 aliphatic carbocycles. The lowest BCUT2D eigenvalue weighted by Gasteiger charge is -2.60. The Balaban J connectivity index is 0.826. The van der Waals surface area contributed by atoms with Crippen molar-refractivity contribution < 1.29 is 52.7 Å². The molecule has 0 unspecified atom stereocenters. The zero-order valence-corrected chi connectivity index (χ0v) is 27.6. The Hall–Kier alpha value is -0.440. The van der Waals surface area contributed by atoms with Crippen LogP contribution >= 0.6 is 0 Å². The summed E-state index contributed by atoms with van der Waals surface area (Å²) in [5, 5.41) is 0. The molecule has 2 spiro atoms. The van der Waals surface area contributed by atoms with Crippen LogP contribution in [0.25, 0.3) is 0 Å². The Bertz CT molecular complexity index is 1070. The topological polar surface area (TPSA) is 105 Å². The summed E-state index contributed by atoms with van der Waals surface area (Å²) in [4.78, 5) is 24.4. The first-order valence-corrected chi connectivity index (χ1v) is 17.8. The van der Waals surface area contributed by atoms with Crippen molar-refractivity contribution in [1.82, 2.24) is 0 Å². The van der Waals surface area contributed by atoms with E-state index in [1.165, 1.54) is 12.8 Å². The fourth-order valence-electron chi connectivity index (χ4n) is 11.0. The lowest BCUT2D eigenvalue weighted by Crippen LogP contribution is -2.70. The highest BCUT2D eigenvalue weighted by atomic mass is 17.3. The van der Waals surface area contributed by atoms with Gasteiger partial charge in [-0.15, -0.1) is 0 Å². The molecule has 9 saturated heterocycles. The maximum absolute atomic E-state index is 6.59. The van der Waals surface area contributed by atoms with Gasteiger partial charge in [-0.25, -0.2) is 19.6 Å². The molecule has 0 aromatic heterocycles. The van der Waals surface area contributed by atoms with Crippen molar-refractivity contribution in [2.45, 2.75) is 153 Å². The summed E-state index contributed by atoms with van der Waals surface area (Å²) in [6.07, 6.45) is 6.12. The quantitative estimate of drug-likeness (QED) is 0.284. The van der Waals surface area contributed by atoms with Crippen LogP contribution in [0.15, 0.2) is 0 Å². The van der Waals surface area contributed by atoms with Crippen LogP contribution in [0.3, 0.4) is 0 Å². The Morgan fingerprint density at radius 3 is 1.42 bits per heavy atom. The minimum Gasteiger partial charge on any atom is -0.365 e. The number of hydrogen-bond acceptors (Lipinski definition) is 11. The van der Waals surface area contributed by atoms with Crippen molar-refractivity contribution in [2.24, 2.45) is 47.3 Å². The van der Waals surface area contributed by atoms with Crippen LogP contribution in [0.5, 0.6) is 0 Å². The molecule has 11 fully saturated rings. The summed E-state index contributed by atoms with van der Waals surface area (Å²) in [5.74, 6) is 0.883. The lowest BCUT2D eigenvalue weighted by molar-refractivity contribution is -0.577. The summed E-state index contributed by atoms with van der Waals surface area (Å²) >= 11 is 0. The zero-order chi connectivity index (χ0) is 30.9. The maximum Gasteiger partial charge on any atom is 0.201 e. The summed E-state index contributed by atoms with van der Waals surface area (Å²) < 4.78 is 45.0. The Morgan fingerprint density at radius 1 is 0.533 bits per heavy atom.